The van der Waals surface area contributed by atoms with Crippen LogP contribution in [0.15, 0.2) is 24.4 Å². The van der Waals surface area contributed by atoms with Crippen LogP contribution in [0.1, 0.15) is 28.2 Å². The Hall–Kier alpha value is -2.12. The molecule has 0 spiro atoms. The molecule has 4 nitrogen and oxygen atoms in total. The van der Waals surface area contributed by atoms with Crippen LogP contribution >= 0.6 is 0 Å². The van der Waals surface area contributed by atoms with E-state index in [1.807, 2.05) is 43.8 Å². The molecule has 0 bridgehead atoms. The van der Waals surface area contributed by atoms with E-state index in [0.29, 0.717) is 5.69 Å². The number of hydrogen-bond donors (Lipinski definition) is 1. The molecule has 0 atom stereocenters. The summed E-state index contributed by atoms with van der Waals surface area (Å²) in [5, 5.41) is 12.4. The Bertz CT molecular complexity index is 602. The van der Waals surface area contributed by atoms with Gasteiger partial charge >= 0.3 is 0 Å². The fraction of sp³-hybridized carbons (Fsp3) is 0.333. The van der Waals surface area contributed by atoms with Gasteiger partial charge < -0.3 is 9.88 Å². The molecule has 0 amide bonds. The first-order chi connectivity index (χ1) is 9.11. The van der Waals surface area contributed by atoms with Gasteiger partial charge in [0.1, 0.15) is 11.8 Å². The molecule has 2 aromatic heterocycles. The Morgan fingerprint density at radius 2 is 2.11 bits per heavy atom. The van der Waals surface area contributed by atoms with Crippen LogP contribution in [-0.2, 0) is 20.1 Å². The lowest BCUT2D eigenvalue weighted by Crippen LogP contribution is -2.13. The van der Waals surface area contributed by atoms with Gasteiger partial charge in [0.05, 0.1) is 0 Å². The van der Waals surface area contributed by atoms with E-state index in [4.69, 9.17) is 5.26 Å². The first kappa shape index (κ1) is 13.3. The summed E-state index contributed by atoms with van der Waals surface area (Å²) in [4.78, 5) is 4.27. The third kappa shape index (κ3) is 3.01. The molecule has 0 unspecified atom stereocenters. The average molecular weight is 254 g/mol. The van der Waals surface area contributed by atoms with Crippen LogP contribution in [0.4, 0.5) is 0 Å². The maximum atomic E-state index is 8.99. The minimum Gasteiger partial charge on any atom is -0.340 e. The lowest BCUT2D eigenvalue weighted by atomic mass is 10.2. The van der Waals surface area contributed by atoms with Gasteiger partial charge in [-0.3, -0.25) is 4.98 Å². The molecule has 0 fully saturated rings. The van der Waals surface area contributed by atoms with Crippen molar-refractivity contribution >= 4 is 0 Å². The van der Waals surface area contributed by atoms with Crippen molar-refractivity contribution < 1.29 is 0 Å². The molecule has 2 rings (SSSR count). The van der Waals surface area contributed by atoms with Crippen molar-refractivity contribution in [3.8, 4) is 6.07 Å². The standard InChI is InChI=1S/C15H18N4/c1-11-4-5-13(9-18-11)8-17-10-14-6-15(7-16)19(3)12(14)2/h4-6,9,17H,8,10H2,1-3H3. The van der Waals surface area contributed by atoms with E-state index in [1.165, 1.54) is 11.1 Å². The van der Waals surface area contributed by atoms with Crippen LogP contribution in [-0.4, -0.2) is 9.55 Å². The summed E-state index contributed by atoms with van der Waals surface area (Å²) in [6, 6.07) is 8.23. The third-order valence-electron chi connectivity index (χ3n) is 3.37. The number of nitrogens with zero attached hydrogens (tertiary/aromatic N) is 3. The molecule has 1 N–H and O–H groups in total. The number of nitriles is 1. The Labute approximate surface area is 113 Å². The summed E-state index contributed by atoms with van der Waals surface area (Å²) in [6.45, 7) is 5.55. The molecule has 98 valence electrons. The maximum Gasteiger partial charge on any atom is 0.120 e. The number of aryl methyl sites for hydroxylation is 1. The highest BCUT2D eigenvalue weighted by atomic mass is 15.0. The van der Waals surface area contributed by atoms with Gasteiger partial charge in [-0.25, -0.2) is 0 Å². The second-order valence-corrected chi connectivity index (χ2v) is 4.72. The maximum absolute atomic E-state index is 8.99. The lowest BCUT2D eigenvalue weighted by Gasteiger charge is -2.05. The topological polar surface area (TPSA) is 53.6 Å². The monoisotopic (exact) mass is 254 g/mol. The average Bonchev–Trinajstić information content (AvgIpc) is 2.69. The zero-order valence-electron chi connectivity index (χ0n) is 11.6. The number of pyridine rings is 1. The van der Waals surface area contributed by atoms with E-state index in [2.05, 4.69) is 22.4 Å². The summed E-state index contributed by atoms with van der Waals surface area (Å²) in [5.74, 6) is 0. The van der Waals surface area contributed by atoms with E-state index in [1.54, 1.807) is 0 Å². The summed E-state index contributed by atoms with van der Waals surface area (Å²) in [6.07, 6.45) is 1.89. The van der Waals surface area contributed by atoms with Crippen molar-refractivity contribution in [1.29, 1.82) is 5.26 Å². The van der Waals surface area contributed by atoms with Crippen molar-refractivity contribution in [3.05, 3.63) is 52.6 Å². The predicted molar refractivity (Wildman–Crippen MR) is 74.4 cm³/mol. The minimum atomic E-state index is 0.700. The highest BCUT2D eigenvalue weighted by molar-refractivity contribution is 5.34. The van der Waals surface area contributed by atoms with E-state index in [9.17, 15) is 0 Å². The SMILES string of the molecule is Cc1ccc(CNCc2cc(C#N)n(C)c2C)cn1. The second kappa shape index (κ2) is 5.68. The van der Waals surface area contributed by atoms with E-state index in [0.717, 1.165) is 24.5 Å². The quantitative estimate of drug-likeness (QED) is 0.910. The van der Waals surface area contributed by atoms with Crippen LogP contribution in [0.2, 0.25) is 0 Å². The lowest BCUT2D eigenvalue weighted by molar-refractivity contribution is 0.685. The highest BCUT2D eigenvalue weighted by Crippen LogP contribution is 2.13. The van der Waals surface area contributed by atoms with Crippen LogP contribution in [0.25, 0.3) is 0 Å². The zero-order valence-corrected chi connectivity index (χ0v) is 11.6. The largest absolute Gasteiger partial charge is 0.340 e. The van der Waals surface area contributed by atoms with Gasteiger partial charge in [0.2, 0.25) is 0 Å². The van der Waals surface area contributed by atoms with Gasteiger partial charge in [0.15, 0.2) is 0 Å². The van der Waals surface area contributed by atoms with Crippen LogP contribution in [0.5, 0.6) is 0 Å². The smallest absolute Gasteiger partial charge is 0.120 e. The molecule has 4 heteroatoms. The second-order valence-electron chi connectivity index (χ2n) is 4.72. The molecule has 0 aliphatic rings. The summed E-state index contributed by atoms with van der Waals surface area (Å²) in [5.41, 5.74) is 5.19. The fourth-order valence-corrected chi connectivity index (χ4v) is 1.99. The molecule has 0 aliphatic carbocycles. The van der Waals surface area contributed by atoms with Gasteiger partial charge in [-0.1, -0.05) is 6.07 Å². The van der Waals surface area contributed by atoms with Crippen LogP contribution < -0.4 is 5.32 Å². The Balaban J connectivity index is 1.96. The zero-order chi connectivity index (χ0) is 13.8. The molecule has 0 saturated heterocycles. The van der Waals surface area contributed by atoms with Gasteiger partial charge in [-0.05, 0) is 37.1 Å². The first-order valence-electron chi connectivity index (χ1n) is 6.29. The van der Waals surface area contributed by atoms with E-state index < -0.39 is 0 Å². The van der Waals surface area contributed by atoms with Crippen LogP contribution in [0, 0.1) is 25.2 Å². The fourth-order valence-electron chi connectivity index (χ4n) is 1.99. The Morgan fingerprint density at radius 1 is 1.32 bits per heavy atom. The van der Waals surface area contributed by atoms with Crippen molar-refractivity contribution in [2.24, 2.45) is 7.05 Å². The molecular weight excluding hydrogens is 236 g/mol. The Morgan fingerprint density at radius 3 is 2.68 bits per heavy atom. The van der Waals surface area contributed by atoms with Crippen molar-refractivity contribution in [2.45, 2.75) is 26.9 Å². The number of hydrogen-bond acceptors (Lipinski definition) is 3. The van der Waals surface area contributed by atoms with Crippen LogP contribution in [0.3, 0.4) is 0 Å². The Kier molecular flexibility index (Phi) is 3.98. The van der Waals surface area contributed by atoms with Crippen molar-refractivity contribution in [1.82, 2.24) is 14.9 Å². The summed E-state index contributed by atoms with van der Waals surface area (Å²) >= 11 is 0. The van der Waals surface area contributed by atoms with E-state index in [-0.39, 0.29) is 0 Å². The van der Waals surface area contributed by atoms with Crippen molar-refractivity contribution in [3.63, 3.8) is 0 Å². The van der Waals surface area contributed by atoms with E-state index >= 15 is 0 Å². The molecule has 0 radical (unpaired) electrons. The molecular formula is C15H18N4. The number of aromatic nitrogens is 2. The third-order valence-corrected chi connectivity index (χ3v) is 3.37. The molecule has 2 heterocycles. The number of nitrogens with one attached hydrogen (secondary N) is 1. The van der Waals surface area contributed by atoms with Gasteiger partial charge in [0.25, 0.3) is 0 Å². The van der Waals surface area contributed by atoms with Gasteiger partial charge in [0, 0.05) is 37.7 Å². The van der Waals surface area contributed by atoms with Gasteiger partial charge in [-0.2, -0.15) is 5.26 Å². The molecule has 0 aromatic carbocycles. The highest BCUT2D eigenvalue weighted by Gasteiger charge is 2.07. The normalized spacial score (nSPS) is 10.4. The van der Waals surface area contributed by atoms with Crippen molar-refractivity contribution in [2.75, 3.05) is 0 Å². The molecule has 0 aliphatic heterocycles. The molecule has 0 saturated carbocycles. The minimum absolute atomic E-state index is 0.700. The van der Waals surface area contributed by atoms with Gasteiger partial charge in [-0.15, -0.1) is 0 Å². The molecule has 19 heavy (non-hydrogen) atoms. The molecule has 2 aromatic rings. The first-order valence-corrected chi connectivity index (χ1v) is 6.29. The summed E-state index contributed by atoms with van der Waals surface area (Å²) < 4.78 is 1.92. The predicted octanol–water partition coefficient (Wildman–Crippen LogP) is 2.20. The number of rotatable bonds is 4. The summed E-state index contributed by atoms with van der Waals surface area (Å²) in [7, 11) is 1.92.